The minimum Gasteiger partial charge on any atom is -0.468 e. The van der Waals surface area contributed by atoms with Gasteiger partial charge in [-0.15, -0.1) is 6.58 Å². The van der Waals surface area contributed by atoms with E-state index in [0.717, 1.165) is 12.2 Å². The van der Waals surface area contributed by atoms with E-state index >= 15 is 0 Å². The van der Waals surface area contributed by atoms with Crippen LogP contribution in [0.25, 0.3) is 0 Å². The van der Waals surface area contributed by atoms with Gasteiger partial charge in [0.15, 0.2) is 0 Å². The van der Waals surface area contributed by atoms with E-state index in [2.05, 4.69) is 11.3 Å². The highest BCUT2D eigenvalue weighted by Gasteiger charge is 2.12. The normalized spacial score (nSPS) is 12.2. The maximum Gasteiger partial charge on any atom is 0.323 e. The average Bonchev–Trinajstić information content (AvgIpc) is 2.10. The number of thioether (sulfide) groups is 1. The fourth-order valence-corrected chi connectivity index (χ4v) is 1.49. The lowest BCUT2D eigenvalue weighted by molar-refractivity contribution is -0.141. The number of carbonyl (C=O) groups is 1. The Balaban J connectivity index is 3.36. The molecular weight excluding hydrogens is 174 g/mol. The number of nitrogens with two attached hydrogens (primary N) is 1. The largest absolute Gasteiger partial charge is 0.468 e. The molecule has 4 heteroatoms. The van der Waals surface area contributed by atoms with Gasteiger partial charge in [0.1, 0.15) is 6.04 Å². The van der Waals surface area contributed by atoms with Gasteiger partial charge in [0.2, 0.25) is 0 Å². The fourth-order valence-electron chi connectivity index (χ4n) is 0.596. The van der Waals surface area contributed by atoms with Crippen molar-refractivity contribution in [3.05, 3.63) is 12.7 Å². The Morgan fingerprint density at radius 1 is 1.83 bits per heavy atom. The molecule has 0 spiro atoms. The van der Waals surface area contributed by atoms with Gasteiger partial charge in [-0.05, 0) is 12.2 Å². The van der Waals surface area contributed by atoms with E-state index in [-0.39, 0.29) is 5.97 Å². The van der Waals surface area contributed by atoms with E-state index in [1.165, 1.54) is 7.11 Å². The third-order valence-corrected chi connectivity index (χ3v) is 2.39. The van der Waals surface area contributed by atoms with Crippen LogP contribution in [0.15, 0.2) is 12.7 Å². The van der Waals surface area contributed by atoms with Crippen molar-refractivity contribution in [3.63, 3.8) is 0 Å². The number of hydrogen-bond acceptors (Lipinski definition) is 4. The minimum atomic E-state index is -0.496. The first-order valence-corrected chi connectivity index (χ1v) is 4.90. The van der Waals surface area contributed by atoms with E-state index in [1.807, 2.05) is 6.08 Å². The second kappa shape index (κ2) is 7.18. The Labute approximate surface area is 77.3 Å². The third kappa shape index (κ3) is 5.21. The zero-order valence-corrected chi connectivity index (χ0v) is 8.10. The van der Waals surface area contributed by atoms with Crippen molar-refractivity contribution >= 4 is 17.7 Å². The standard InChI is InChI=1S/C8H15NO2S/c1-3-4-5-12-6-7(9)8(10)11-2/h3,7H,1,4-6,9H2,2H3. The lowest BCUT2D eigenvalue weighted by atomic mass is 10.4. The summed E-state index contributed by atoms with van der Waals surface area (Å²) in [6.45, 7) is 3.59. The number of allylic oxidation sites excluding steroid dienone is 1. The quantitative estimate of drug-likeness (QED) is 0.381. The predicted molar refractivity (Wildman–Crippen MR) is 52.1 cm³/mol. The van der Waals surface area contributed by atoms with Crippen LogP contribution in [-0.2, 0) is 9.53 Å². The highest BCUT2D eigenvalue weighted by atomic mass is 32.2. The topological polar surface area (TPSA) is 52.3 Å². The van der Waals surface area contributed by atoms with Gasteiger partial charge >= 0.3 is 5.97 Å². The first-order valence-electron chi connectivity index (χ1n) is 3.74. The number of rotatable bonds is 6. The molecule has 1 unspecified atom stereocenters. The zero-order valence-electron chi connectivity index (χ0n) is 7.29. The maximum atomic E-state index is 10.8. The zero-order chi connectivity index (χ0) is 9.40. The van der Waals surface area contributed by atoms with Gasteiger partial charge in [0.25, 0.3) is 0 Å². The molecule has 0 rings (SSSR count). The van der Waals surface area contributed by atoms with Gasteiger partial charge in [-0.1, -0.05) is 6.08 Å². The van der Waals surface area contributed by atoms with Crippen LogP contribution in [-0.4, -0.2) is 30.6 Å². The van der Waals surface area contributed by atoms with E-state index in [9.17, 15) is 4.79 Å². The smallest absolute Gasteiger partial charge is 0.323 e. The monoisotopic (exact) mass is 189 g/mol. The molecule has 12 heavy (non-hydrogen) atoms. The summed E-state index contributed by atoms with van der Waals surface area (Å²) in [5, 5.41) is 0. The number of methoxy groups -OCH3 is 1. The van der Waals surface area contributed by atoms with Crippen LogP contribution in [0.2, 0.25) is 0 Å². The van der Waals surface area contributed by atoms with Gasteiger partial charge in [0.05, 0.1) is 7.11 Å². The average molecular weight is 189 g/mol. The lowest BCUT2D eigenvalue weighted by Crippen LogP contribution is -2.33. The molecule has 0 aromatic heterocycles. The van der Waals surface area contributed by atoms with Crippen LogP contribution in [0.1, 0.15) is 6.42 Å². The molecule has 0 radical (unpaired) electrons. The maximum absolute atomic E-state index is 10.8. The van der Waals surface area contributed by atoms with Crippen LogP contribution in [0.4, 0.5) is 0 Å². The third-order valence-electron chi connectivity index (χ3n) is 1.27. The molecule has 3 nitrogen and oxygen atoms in total. The lowest BCUT2D eigenvalue weighted by Gasteiger charge is -2.07. The summed E-state index contributed by atoms with van der Waals surface area (Å²) in [5.41, 5.74) is 5.49. The molecule has 0 aromatic rings. The Hall–Kier alpha value is -0.480. The molecule has 70 valence electrons. The van der Waals surface area contributed by atoms with Gasteiger partial charge in [-0.2, -0.15) is 11.8 Å². The molecule has 0 aliphatic carbocycles. The Bertz CT molecular complexity index is 150. The van der Waals surface area contributed by atoms with Crippen LogP contribution in [0, 0.1) is 0 Å². The van der Waals surface area contributed by atoms with Gasteiger partial charge < -0.3 is 10.5 Å². The summed E-state index contributed by atoms with van der Waals surface area (Å²) in [7, 11) is 1.34. The van der Waals surface area contributed by atoms with Gasteiger partial charge in [-0.3, -0.25) is 4.79 Å². The van der Waals surface area contributed by atoms with Crippen molar-refractivity contribution in [2.45, 2.75) is 12.5 Å². The first-order chi connectivity index (χ1) is 5.72. The molecule has 2 N–H and O–H groups in total. The van der Waals surface area contributed by atoms with Crippen LogP contribution >= 0.6 is 11.8 Å². The predicted octanol–water partition coefficient (Wildman–Crippen LogP) is 0.796. The molecule has 0 fully saturated rings. The highest BCUT2D eigenvalue weighted by molar-refractivity contribution is 7.99. The molecule has 0 aliphatic heterocycles. The second-order valence-electron chi connectivity index (χ2n) is 2.28. The molecule has 0 bridgehead atoms. The second-order valence-corrected chi connectivity index (χ2v) is 3.43. The summed E-state index contributed by atoms with van der Waals surface area (Å²) in [6, 6.07) is -0.496. The number of carbonyl (C=O) groups excluding carboxylic acids is 1. The Morgan fingerprint density at radius 3 is 3.00 bits per heavy atom. The van der Waals surface area contributed by atoms with Gasteiger partial charge in [0, 0.05) is 5.75 Å². The van der Waals surface area contributed by atoms with Crippen molar-refractivity contribution in [1.82, 2.24) is 0 Å². The van der Waals surface area contributed by atoms with E-state index in [1.54, 1.807) is 11.8 Å². The van der Waals surface area contributed by atoms with Crippen LogP contribution in [0.5, 0.6) is 0 Å². The first kappa shape index (κ1) is 11.5. The van der Waals surface area contributed by atoms with Crippen molar-refractivity contribution in [3.8, 4) is 0 Å². The highest BCUT2D eigenvalue weighted by Crippen LogP contribution is 2.04. The summed E-state index contributed by atoms with van der Waals surface area (Å²) in [6.07, 6.45) is 2.79. The Morgan fingerprint density at radius 2 is 2.50 bits per heavy atom. The summed E-state index contributed by atoms with van der Waals surface area (Å²) in [5.74, 6) is 1.22. The van der Waals surface area contributed by atoms with E-state index in [0.29, 0.717) is 5.75 Å². The van der Waals surface area contributed by atoms with Crippen LogP contribution < -0.4 is 5.73 Å². The molecule has 0 aromatic carbocycles. The molecule has 0 aliphatic rings. The Kier molecular flexibility index (Phi) is 6.90. The van der Waals surface area contributed by atoms with Crippen molar-refractivity contribution in [2.24, 2.45) is 5.73 Å². The van der Waals surface area contributed by atoms with E-state index in [4.69, 9.17) is 5.73 Å². The van der Waals surface area contributed by atoms with Crippen molar-refractivity contribution in [1.29, 1.82) is 0 Å². The van der Waals surface area contributed by atoms with Crippen LogP contribution in [0.3, 0.4) is 0 Å². The van der Waals surface area contributed by atoms with Crippen molar-refractivity contribution in [2.75, 3.05) is 18.6 Å². The number of hydrogen-bond donors (Lipinski definition) is 1. The molecular formula is C8H15NO2S. The minimum absolute atomic E-state index is 0.346. The van der Waals surface area contributed by atoms with E-state index < -0.39 is 6.04 Å². The number of ether oxygens (including phenoxy) is 1. The molecule has 0 amide bonds. The molecule has 0 saturated carbocycles. The summed E-state index contributed by atoms with van der Waals surface area (Å²) < 4.78 is 4.47. The summed E-state index contributed by atoms with van der Waals surface area (Å²) in [4.78, 5) is 10.8. The molecule has 0 heterocycles. The molecule has 0 saturated heterocycles. The SMILES string of the molecule is C=CCCSCC(N)C(=O)OC. The van der Waals surface area contributed by atoms with Gasteiger partial charge in [-0.25, -0.2) is 0 Å². The number of esters is 1. The van der Waals surface area contributed by atoms with Crippen molar-refractivity contribution < 1.29 is 9.53 Å². The fraction of sp³-hybridized carbons (Fsp3) is 0.625. The molecule has 1 atom stereocenters. The summed E-state index contributed by atoms with van der Waals surface area (Å²) >= 11 is 1.63.